The summed E-state index contributed by atoms with van der Waals surface area (Å²) in [5, 5.41) is 18.8. The van der Waals surface area contributed by atoms with Gasteiger partial charge in [-0.3, -0.25) is 4.79 Å². The lowest BCUT2D eigenvalue weighted by Gasteiger charge is -2.05. The van der Waals surface area contributed by atoms with Gasteiger partial charge in [0.2, 0.25) is 0 Å². The quantitative estimate of drug-likeness (QED) is 0.781. The summed E-state index contributed by atoms with van der Waals surface area (Å²) in [4.78, 5) is 22.4. The lowest BCUT2D eigenvalue weighted by molar-refractivity contribution is 0.0696. The van der Waals surface area contributed by atoms with Crippen molar-refractivity contribution in [2.75, 3.05) is 0 Å². The third-order valence-electron chi connectivity index (χ3n) is 2.26. The minimum absolute atomic E-state index is 0.00565. The molecule has 92 valence electrons. The molecule has 4 N–H and O–H groups in total. The molecule has 0 bridgehead atoms. The number of nitrogens with two attached hydrogens (primary N) is 1. The highest BCUT2D eigenvalue weighted by Gasteiger charge is 2.22. The van der Waals surface area contributed by atoms with Crippen LogP contribution in [-0.4, -0.2) is 32.4 Å². The number of nitrogens with one attached hydrogen (secondary N) is 1. The zero-order valence-corrected chi connectivity index (χ0v) is 10.4. The maximum absolute atomic E-state index is 11.2. The molecule has 1 amide bonds. The van der Waals surface area contributed by atoms with E-state index in [1.807, 2.05) is 0 Å². The van der Waals surface area contributed by atoms with Crippen molar-refractivity contribution in [1.29, 1.82) is 0 Å². The Labute approximate surface area is 109 Å². The van der Waals surface area contributed by atoms with Gasteiger partial charge in [-0.05, 0) is 22.0 Å². The molecule has 0 atom stereocenters. The Kier molecular flexibility index (Phi) is 3.11. The molecule has 0 aliphatic heterocycles. The fourth-order valence-electron chi connectivity index (χ4n) is 1.53. The second-order valence-electron chi connectivity index (χ2n) is 3.35. The van der Waals surface area contributed by atoms with E-state index in [0.717, 1.165) is 0 Å². The Hall–Kier alpha value is -2.22. The third kappa shape index (κ3) is 1.97. The first-order chi connectivity index (χ1) is 8.52. The minimum Gasteiger partial charge on any atom is -0.478 e. The lowest BCUT2D eigenvalue weighted by Crippen LogP contribution is -2.13. The van der Waals surface area contributed by atoms with Crippen molar-refractivity contribution in [2.24, 2.45) is 5.73 Å². The highest BCUT2D eigenvalue weighted by molar-refractivity contribution is 9.10. The van der Waals surface area contributed by atoms with Crippen LogP contribution in [0.15, 0.2) is 22.7 Å². The van der Waals surface area contributed by atoms with E-state index in [2.05, 4.69) is 31.3 Å². The Morgan fingerprint density at radius 2 is 2.06 bits per heavy atom. The van der Waals surface area contributed by atoms with Crippen LogP contribution in [0.25, 0.3) is 11.3 Å². The van der Waals surface area contributed by atoms with Crippen LogP contribution in [0.3, 0.4) is 0 Å². The first kappa shape index (κ1) is 12.2. The summed E-state index contributed by atoms with van der Waals surface area (Å²) in [6, 6.07) is 4.74. The number of primary amides is 1. The Balaban J connectivity index is 2.71. The smallest absolute Gasteiger partial charge is 0.337 e. The van der Waals surface area contributed by atoms with Crippen molar-refractivity contribution in [3.63, 3.8) is 0 Å². The van der Waals surface area contributed by atoms with Gasteiger partial charge in [-0.25, -0.2) is 4.79 Å². The number of H-pyrrole nitrogens is 1. The van der Waals surface area contributed by atoms with Gasteiger partial charge in [0, 0.05) is 10.0 Å². The molecule has 0 saturated carbocycles. The minimum atomic E-state index is -1.14. The number of carbonyl (C=O) groups excluding carboxylic acids is 1. The normalized spacial score (nSPS) is 10.3. The molecule has 0 radical (unpaired) electrons. The summed E-state index contributed by atoms with van der Waals surface area (Å²) in [7, 11) is 0. The lowest BCUT2D eigenvalue weighted by atomic mass is 10.0. The van der Waals surface area contributed by atoms with Crippen LogP contribution >= 0.6 is 15.9 Å². The summed E-state index contributed by atoms with van der Waals surface area (Å²) in [6.07, 6.45) is 0. The molecule has 0 fully saturated rings. The van der Waals surface area contributed by atoms with Crippen LogP contribution in [0.1, 0.15) is 20.8 Å². The van der Waals surface area contributed by atoms with Crippen LogP contribution in [0.2, 0.25) is 0 Å². The van der Waals surface area contributed by atoms with Crippen molar-refractivity contribution >= 4 is 27.8 Å². The number of hydrogen-bond donors (Lipinski definition) is 3. The van der Waals surface area contributed by atoms with Crippen molar-refractivity contribution in [2.45, 2.75) is 0 Å². The number of aromatic carboxylic acids is 1. The fourth-order valence-corrected chi connectivity index (χ4v) is 2.07. The predicted octanol–water partition coefficient (Wildman–Crippen LogP) is 1.03. The van der Waals surface area contributed by atoms with Crippen molar-refractivity contribution in [1.82, 2.24) is 15.4 Å². The molecule has 2 aromatic rings. The van der Waals surface area contributed by atoms with Crippen LogP contribution in [0.4, 0.5) is 0 Å². The number of benzene rings is 1. The maximum atomic E-state index is 11.2. The van der Waals surface area contributed by atoms with Crippen LogP contribution in [0.5, 0.6) is 0 Å². The van der Waals surface area contributed by atoms with E-state index < -0.39 is 11.9 Å². The molecule has 0 spiro atoms. The van der Waals surface area contributed by atoms with Gasteiger partial charge < -0.3 is 10.8 Å². The van der Waals surface area contributed by atoms with E-state index in [0.29, 0.717) is 4.47 Å². The number of amides is 1. The van der Waals surface area contributed by atoms with Gasteiger partial charge in [-0.15, -0.1) is 0 Å². The summed E-state index contributed by atoms with van der Waals surface area (Å²) in [5.41, 5.74) is 5.41. The molecule has 0 aliphatic carbocycles. The molecule has 0 unspecified atom stereocenters. The van der Waals surface area contributed by atoms with Gasteiger partial charge in [0.15, 0.2) is 5.69 Å². The molecule has 0 saturated heterocycles. The molecule has 8 heteroatoms. The third-order valence-corrected chi connectivity index (χ3v) is 2.92. The van der Waals surface area contributed by atoms with Crippen LogP contribution < -0.4 is 5.73 Å². The van der Waals surface area contributed by atoms with Gasteiger partial charge in [0.05, 0.1) is 5.56 Å². The number of aromatic amines is 1. The van der Waals surface area contributed by atoms with E-state index in [-0.39, 0.29) is 22.5 Å². The molecular formula is C10H7BrN4O3. The zero-order valence-electron chi connectivity index (χ0n) is 8.85. The highest BCUT2D eigenvalue weighted by Crippen LogP contribution is 2.29. The summed E-state index contributed by atoms with van der Waals surface area (Å²) < 4.78 is 0.380. The van der Waals surface area contributed by atoms with E-state index in [9.17, 15) is 14.7 Å². The summed E-state index contributed by atoms with van der Waals surface area (Å²) in [6.45, 7) is 0. The van der Waals surface area contributed by atoms with Gasteiger partial charge in [-0.1, -0.05) is 12.1 Å². The Morgan fingerprint density at radius 3 is 2.67 bits per heavy atom. The number of carboxylic acid groups (broad SMARTS) is 1. The second-order valence-corrected chi connectivity index (χ2v) is 4.21. The van der Waals surface area contributed by atoms with Crippen molar-refractivity contribution in [3.8, 4) is 11.3 Å². The fraction of sp³-hybridized carbons (Fsp3) is 0. The molecule has 7 nitrogen and oxygen atoms in total. The van der Waals surface area contributed by atoms with Gasteiger partial charge >= 0.3 is 5.97 Å². The molecule has 18 heavy (non-hydrogen) atoms. The van der Waals surface area contributed by atoms with Gasteiger partial charge in [0.25, 0.3) is 5.91 Å². The van der Waals surface area contributed by atoms with Crippen LogP contribution in [0, 0.1) is 0 Å². The van der Waals surface area contributed by atoms with E-state index in [1.165, 1.54) is 6.07 Å². The molecular weight excluding hydrogens is 304 g/mol. The van der Waals surface area contributed by atoms with Crippen molar-refractivity contribution < 1.29 is 14.7 Å². The highest BCUT2D eigenvalue weighted by atomic mass is 79.9. The standard InChI is InChI=1S/C10H7BrN4O3/c11-5-3-1-2-4(6(5)10(17)18)7-8(9(12)16)14-15-13-7/h1-3H,(H2,12,16)(H,17,18)(H,13,14,15). The molecule has 2 rings (SSSR count). The second kappa shape index (κ2) is 4.57. The first-order valence-electron chi connectivity index (χ1n) is 4.75. The maximum Gasteiger partial charge on any atom is 0.337 e. The average Bonchev–Trinajstić information content (AvgIpc) is 2.76. The predicted molar refractivity (Wildman–Crippen MR) is 65.0 cm³/mol. The number of halogens is 1. The molecule has 0 aliphatic rings. The van der Waals surface area contributed by atoms with Gasteiger partial charge in [0.1, 0.15) is 5.69 Å². The van der Waals surface area contributed by atoms with Crippen molar-refractivity contribution in [3.05, 3.63) is 33.9 Å². The monoisotopic (exact) mass is 310 g/mol. The number of hydrogen-bond acceptors (Lipinski definition) is 4. The number of aromatic nitrogens is 3. The first-order valence-corrected chi connectivity index (χ1v) is 5.54. The molecule has 1 aromatic carbocycles. The van der Waals surface area contributed by atoms with Gasteiger partial charge in [-0.2, -0.15) is 15.4 Å². The number of carbonyl (C=O) groups is 2. The van der Waals surface area contributed by atoms with Crippen LogP contribution in [-0.2, 0) is 0 Å². The topological polar surface area (TPSA) is 122 Å². The number of nitrogens with zero attached hydrogens (tertiary/aromatic N) is 2. The molecule has 1 aromatic heterocycles. The Bertz CT molecular complexity index is 638. The zero-order chi connectivity index (χ0) is 13.3. The van der Waals surface area contributed by atoms with E-state index in [4.69, 9.17) is 5.73 Å². The molecule has 1 heterocycles. The Morgan fingerprint density at radius 1 is 1.33 bits per heavy atom. The average molecular weight is 311 g/mol. The largest absolute Gasteiger partial charge is 0.478 e. The summed E-state index contributed by atoms with van der Waals surface area (Å²) in [5.74, 6) is -1.93. The van der Waals surface area contributed by atoms with E-state index >= 15 is 0 Å². The number of rotatable bonds is 3. The SMILES string of the molecule is NC(=O)c1n[nH]nc1-c1cccc(Br)c1C(=O)O. The summed E-state index contributed by atoms with van der Waals surface area (Å²) >= 11 is 3.14. The number of carboxylic acids is 1. The van der Waals surface area contributed by atoms with E-state index in [1.54, 1.807) is 12.1 Å².